The summed E-state index contributed by atoms with van der Waals surface area (Å²) < 4.78 is 37.6. The fourth-order valence-corrected chi connectivity index (χ4v) is 7.28. The highest BCUT2D eigenvalue weighted by atomic mass is 15.2. The average molecular weight is 707 g/mol. The monoisotopic (exact) mass is 706 g/mol. The summed E-state index contributed by atoms with van der Waals surface area (Å²) in [5.41, 5.74) is 10.9. The highest BCUT2D eigenvalue weighted by Gasteiger charge is 2.20. The van der Waals surface area contributed by atoms with Crippen LogP contribution in [0.2, 0.25) is 0 Å². The molecule has 2 aromatic heterocycles. The zero-order valence-electron chi connectivity index (χ0n) is 33.6. The number of para-hydroxylation sites is 2. The zero-order chi connectivity index (χ0) is 40.0. The predicted molar refractivity (Wildman–Crippen MR) is 227 cm³/mol. The molecule has 10 aromatic rings. The van der Waals surface area contributed by atoms with Crippen molar-refractivity contribution in [2.45, 2.75) is 0 Å². The number of nitrogens with zero attached hydrogens (tertiary/aromatic N) is 4. The molecule has 0 saturated heterocycles. The van der Waals surface area contributed by atoms with E-state index in [2.05, 4.69) is 72.8 Å². The van der Waals surface area contributed by atoms with Gasteiger partial charge in [-0.1, -0.05) is 200 Å². The number of rotatable bonds is 7. The van der Waals surface area contributed by atoms with Crippen LogP contribution in [0.5, 0.6) is 0 Å². The molecule has 0 radical (unpaired) electrons. The maximum absolute atomic E-state index is 9.27. The Morgan fingerprint density at radius 3 is 1.29 bits per heavy atom. The quantitative estimate of drug-likeness (QED) is 0.166. The number of aromatic nitrogens is 4. The summed E-state index contributed by atoms with van der Waals surface area (Å²) >= 11 is 0. The van der Waals surface area contributed by atoms with Crippen molar-refractivity contribution in [2.24, 2.45) is 0 Å². The summed E-state index contributed by atoms with van der Waals surface area (Å²) in [4.78, 5) is 15.1. The predicted octanol–water partition coefficient (Wildman–Crippen LogP) is 13.0. The lowest BCUT2D eigenvalue weighted by Crippen LogP contribution is -2.07. The molecule has 10 rings (SSSR count). The van der Waals surface area contributed by atoms with Crippen LogP contribution in [-0.4, -0.2) is 19.5 Å². The van der Waals surface area contributed by atoms with E-state index in [-0.39, 0.29) is 30.1 Å². The first kappa shape index (κ1) is 28.1. The van der Waals surface area contributed by atoms with Gasteiger partial charge >= 0.3 is 0 Å². The van der Waals surface area contributed by atoms with E-state index >= 15 is 0 Å². The van der Waals surface area contributed by atoms with Crippen molar-refractivity contribution in [3.63, 3.8) is 0 Å². The zero-order valence-corrected chi connectivity index (χ0v) is 29.6. The fraction of sp³-hybridized carbons (Fsp3) is 0. The summed E-state index contributed by atoms with van der Waals surface area (Å²) in [6, 6.07) is 60.1. The Balaban J connectivity index is 1.17. The van der Waals surface area contributed by atoms with Gasteiger partial charge in [-0.3, -0.25) is 4.57 Å². The lowest BCUT2D eigenvalue weighted by atomic mass is 9.97. The first-order chi connectivity index (χ1) is 28.9. The van der Waals surface area contributed by atoms with Crippen molar-refractivity contribution >= 4 is 21.8 Å². The molecular formula is C51H34N4. The summed E-state index contributed by atoms with van der Waals surface area (Å²) in [6.45, 7) is 0. The van der Waals surface area contributed by atoms with Crippen molar-refractivity contribution in [3.05, 3.63) is 206 Å². The van der Waals surface area contributed by atoms with Gasteiger partial charge in [0.05, 0.1) is 16.5 Å². The van der Waals surface area contributed by atoms with Gasteiger partial charge in [-0.25, -0.2) is 4.98 Å². The molecule has 0 aliphatic rings. The van der Waals surface area contributed by atoms with Crippen LogP contribution in [-0.2, 0) is 0 Å². The largest absolute Gasteiger partial charge is 0.277 e. The van der Waals surface area contributed by atoms with E-state index in [0.29, 0.717) is 33.5 Å². The molecule has 0 aliphatic heterocycles. The molecule has 0 N–H and O–H groups in total. The Bertz CT molecular complexity index is 3150. The van der Waals surface area contributed by atoms with Gasteiger partial charge in [0.15, 0.2) is 11.6 Å². The second kappa shape index (κ2) is 13.8. The van der Waals surface area contributed by atoms with Crippen molar-refractivity contribution in [3.8, 4) is 73.2 Å². The van der Waals surface area contributed by atoms with Crippen LogP contribution in [0.1, 0.15) is 5.48 Å². The van der Waals surface area contributed by atoms with Crippen LogP contribution in [0.3, 0.4) is 0 Å². The normalized spacial score (nSPS) is 12.3. The Labute approximate surface area is 325 Å². The lowest BCUT2D eigenvalue weighted by Gasteiger charge is -2.13. The topological polar surface area (TPSA) is 43.6 Å². The summed E-state index contributed by atoms with van der Waals surface area (Å²) in [7, 11) is 0. The van der Waals surface area contributed by atoms with Crippen LogP contribution in [0.4, 0.5) is 0 Å². The third-order valence-electron chi connectivity index (χ3n) is 10.0. The van der Waals surface area contributed by atoms with Gasteiger partial charge in [0, 0.05) is 27.5 Å². The standard InChI is InChI=1S/C51H34N4/c1-4-13-35(14-5-1)37-23-25-39(26-24-37)40-27-31-41(32-28-40)44-20-12-21-46-45-19-10-11-22-47(45)55(48(44)46)51-53-49(42-17-8-3-9-18-42)52-50(54-51)43-33-29-38(30-34-43)36-15-6-2-7-16-36/h1-34H/i10D,11D,19D,22D. The van der Waals surface area contributed by atoms with Crippen molar-refractivity contribution < 1.29 is 5.48 Å². The smallest absolute Gasteiger partial charge is 0.238 e. The Hall–Kier alpha value is -7.43. The number of benzene rings is 8. The molecule has 55 heavy (non-hydrogen) atoms. The highest BCUT2D eigenvalue weighted by molar-refractivity contribution is 6.13. The molecule has 0 fully saturated rings. The van der Waals surface area contributed by atoms with Gasteiger partial charge in [-0.15, -0.1) is 0 Å². The van der Waals surface area contributed by atoms with E-state index in [1.165, 1.54) is 5.56 Å². The number of fused-ring (bicyclic) bond motifs is 3. The molecule has 0 amide bonds. The van der Waals surface area contributed by atoms with Crippen LogP contribution in [0, 0.1) is 0 Å². The van der Waals surface area contributed by atoms with Crippen molar-refractivity contribution in [1.82, 2.24) is 19.5 Å². The van der Waals surface area contributed by atoms with E-state index < -0.39 is 0 Å². The second-order valence-electron chi connectivity index (χ2n) is 13.4. The van der Waals surface area contributed by atoms with Gasteiger partial charge in [0.25, 0.3) is 0 Å². The minimum Gasteiger partial charge on any atom is -0.277 e. The Kier molecular flexibility index (Phi) is 7.08. The van der Waals surface area contributed by atoms with E-state index in [0.717, 1.165) is 50.1 Å². The van der Waals surface area contributed by atoms with Crippen LogP contribution >= 0.6 is 0 Å². The van der Waals surface area contributed by atoms with E-state index in [9.17, 15) is 1.37 Å². The van der Waals surface area contributed by atoms with E-state index in [1.807, 2.05) is 109 Å². The van der Waals surface area contributed by atoms with E-state index in [4.69, 9.17) is 19.1 Å². The molecule has 0 aliphatic carbocycles. The maximum atomic E-state index is 9.27. The minimum absolute atomic E-state index is 0.120. The second-order valence-corrected chi connectivity index (χ2v) is 13.4. The minimum atomic E-state index is -0.329. The molecule has 0 saturated carbocycles. The molecule has 0 unspecified atom stereocenters. The molecule has 4 heteroatoms. The molecule has 4 nitrogen and oxygen atoms in total. The van der Waals surface area contributed by atoms with Gasteiger partial charge in [0.1, 0.15) is 0 Å². The molecule has 2 heterocycles. The van der Waals surface area contributed by atoms with Crippen molar-refractivity contribution in [2.75, 3.05) is 0 Å². The Morgan fingerprint density at radius 1 is 0.345 bits per heavy atom. The van der Waals surface area contributed by atoms with Gasteiger partial charge in [0.2, 0.25) is 5.95 Å². The lowest BCUT2D eigenvalue weighted by molar-refractivity contribution is 0.954. The molecule has 8 aromatic carbocycles. The van der Waals surface area contributed by atoms with Crippen LogP contribution < -0.4 is 0 Å². The van der Waals surface area contributed by atoms with Crippen molar-refractivity contribution in [1.29, 1.82) is 0 Å². The SMILES string of the molecule is [2H]c1c([2H])c([2H])c2c(c1[2H])c1cccc(-c3ccc(-c4ccc(-c5ccccc5)cc4)cc3)c1n2-c1nc(-c2ccccc2)nc(-c2ccc(-c3ccccc3)cc2)n1. The Morgan fingerprint density at radius 2 is 0.764 bits per heavy atom. The maximum Gasteiger partial charge on any atom is 0.238 e. The molecular weight excluding hydrogens is 669 g/mol. The summed E-state index contributed by atoms with van der Waals surface area (Å²) in [5, 5.41) is 1.07. The summed E-state index contributed by atoms with van der Waals surface area (Å²) in [6.07, 6.45) is 0. The molecule has 0 spiro atoms. The van der Waals surface area contributed by atoms with Gasteiger partial charge in [-0.2, -0.15) is 9.97 Å². The van der Waals surface area contributed by atoms with Crippen LogP contribution in [0.25, 0.3) is 95.0 Å². The fourth-order valence-electron chi connectivity index (χ4n) is 7.28. The first-order valence-electron chi connectivity index (χ1n) is 20.2. The van der Waals surface area contributed by atoms with Crippen LogP contribution in [0.15, 0.2) is 206 Å². The number of hydrogen-bond acceptors (Lipinski definition) is 3. The number of hydrogen-bond donors (Lipinski definition) is 0. The molecule has 258 valence electrons. The molecule has 0 atom stereocenters. The van der Waals surface area contributed by atoms with Gasteiger partial charge in [-0.05, 0) is 45.0 Å². The summed E-state index contributed by atoms with van der Waals surface area (Å²) in [5.74, 6) is 1.12. The average Bonchev–Trinajstić information content (AvgIpc) is 3.67. The third-order valence-corrected chi connectivity index (χ3v) is 10.0. The van der Waals surface area contributed by atoms with Gasteiger partial charge < -0.3 is 0 Å². The molecule has 0 bridgehead atoms. The first-order valence-corrected chi connectivity index (χ1v) is 18.2. The van der Waals surface area contributed by atoms with E-state index in [1.54, 1.807) is 4.57 Å². The highest BCUT2D eigenvalue weighted by Crippen LogP contribution is 2.39. The third kappa shape index (κ3) is 6.06.